The topological polar surface area (TPSA) is 52.9 Å². The van der Waals surface area contributed by atoms with Gasteiger partial charge in [-0.25, -0.2) is 0 Å². The maximum Gasteiger partial charge on any atom is 0.167 e. The number of fused-ring (bicyclic) bond motifs is 4. The summed E-state index contributed by atoms with van der Waals surface area (Å²) in [6.45, 7) is 7.42. The number of oxime groups is 1. The Labute approximate surface area is 142 Å². The highest BCUT2D eigenvalue weighted by molar-refractivity contribution is 6.24. The molecule has 0 saturated carbocycles. The smallest absolute Gasteiger partial charge is 0.167 e. The molecule has 4 rings (SSSR count). The molecule has 1 aliphatic carbocycles. The van der Waals surface area contributed by atoms with Crippen LogP contribution < -0.4 is 0 Å². The van der Waals surface area contributed by atoms with Gasteiger partial charge in [-0.15, -0.1) is 0 Å². The average Bonchev–Trinajstić information content (AvgIpc) is 2.52. The highest BCUT2D eigenvalue weighted by Crippen LogP contribution is 2.50. The first-order valence-corrected chi connectivity index (χ1v) is 8.69. The van der Waals surface area contributed by atoms with Crippen molar-refractivity contribution in [1.29, 1.82) is 0 Å². The molecule has 126 valence electrons. The molecule has 4 nitrogen and oxygen atoms in total. The van der Waals surface area contributed by atoms with Crippen molar-refractivity contribution in [1.82, 2.24) is 4.90 Å². The van der Waals surface area contributed by atoms with E-state index in [1.54, 1.807) is 0 Å². The largest absolute Gasteiger partial charge is 0.411 e. The normalized spacial score (nSPS) is 30.0. The Hall–Kier alpha value is -2.10. The predicted molar refractivity (Wildman–Crippen MR) is 93.1 cm³/mol. The fourth-order valence-electron chi connectivity index (χ4n) is 4.86. The zero-order valence-electron chi connectivity index (χ0n) is 14.6. The lowest BCUT2D eigenvalue weighted by atomic mass is 9.67. The zero-order chi connectivity index (χ0) is 17.1. The molecule has 4 heteroatoms. The van der Waals surface area contributed by atoms with Crippen molar-refractivity contribution < 1.29 is 10.0 Å². The van der Waals surface area contributed by atoms with Crippen LogP contribution in [0.3, 0.4) is 0 Å². The molecule has 0 unspecified atom stereocenters. The van der Waals surface area contributed by atoms with Crippen molar-refractivity contribution in [3.8, 4) is 0 Å². The van der Waals surface area contributed by atoms with Crippen LogP contribution in [0.2, 0.25) is 0 Å². The summed E-state index contributed by atoms with van der Waals surface area (Å²) in [4.78, 5) is 15.2. The Morgan fingerprint density at radius 2 is 1.88 bits per heavy atom. The number of ketones is 1. The molecule has 1 aromatic carbocycles. The highest BCUT2D eigenvalue weighted by atomic mass is 16.4. The number of rotatable bonds is 0. The maximum absolute atomic E-state index is 12.8. The molecule has 1 atom stereocenters. The fourth-order valence-corrected chi connectivity index (χ4v) is 4.86. The van der Waals surface area contributed by atoms with Gasteiger partial charge >= 0.3 is 0 Å². The molecule has 0 radical (unpaired) electrons. The van der Waals surface area contributed by atoms with Crippen LogP contribution in [0, 0.1) is 5.41 Å². The van der Waals surface area contributed by atoms with Gasteiger partial charge in [0.1, 0.15) is 0 Å². The Morgan fingerprint density at radius 1 is 1.12 bits per heavy atom. The summed E-state index contributed by atoms with van der Waals surface area (Å²) >= 11 is 0. The van der Waals surface area contributed by atoms with Gasteiger partial charge in [0.15, 0.2) is 5.78 Å². The Kier molecular flexibility index (Phi) is 3.18. The van der Waals surface area contributed by atoms with Gasteiger partial charge in [-0.2, -0.15) is 0 Å². The van der Waals surface area contributed by atoms with Gasteiger partial charge in [0.05, 0.1) is 16.8 Å². The highest BCUT2D eigenvalue weighted by Gasteiger charge is 2.49. The molecule has 2 heterocycles. The molecule has 24 heavy (non-hydrogen) atoms. The molecule has 3 aliphatic rings. The monoisotopic (exact) mass is 324 g/mol. The van der Waals surface area contributed by atoms with E-state index in [9.17, 15) is 10.0 Å². The SMILES string of the molecule is CC1(C)CC(=O)C2=C(C1)N1CCc3ccccc3[C@@]1(C)C/C2=N/O. The Bertz CT molecular complexity index is 791. The van der Waals surface area contributed by atoms with Crippen molar-refractivity contribution >= 4 is 11.5 Å². The molecule has 0 spiro atoms. The average molecular weight is 324 g/mol. The standard InChI is InChI=1S/C20H24N2O2/c1-19(2)11-16-18(17(23)12-19)15(21-24)10-20(3)14-7-5-4-6-13(14)8-9-22(16)20/h4-7,24H,8-12H2,1-3H3/b21-15-/t20-/m1/s1. The minimum atomic E-state index is -0.247. The van der Waals surface area contributed by atoms with Gasteiger partial charge < -0.3 is 10.1 Å². The van der Waals surface area contributed by atoms with Crippen LogP contribution in [0.15, 0.2) is 40.7 Å². The summed E-state index contributed by atoms with van der Waals surface area (Å²) < 4.78 is 0. The maximum atomic E-state index is 12.8. The number of nitrogens with zero attached hydrogens (tertiary/aromatic N) is 2. The molecule has 0 saturated heterocycles. The lowest BCUT2D eigenvalue weighted by Crippen LogP contribution is -2.55. The van der Waals surface area contributed by atoms with E-state index in [1.165, 1.54) is 11.1 Å². The van der Waals surface area contributed by atoms with Gasteiger partial charge in [-0.3, -0.25) is 4.79 Å². The van der Waals surface area contributed by atoms with E-state index in [0.29, 0.717) is 24.1 Å². The van der Waals surface area contributed by atoms with Gasteiger partial charge in [0.2, 0.25) is 0 Å². The first-order valence-electron chi connectivity index (χ1n) is 8.69. The summed E-state index contributed by atoms with van der Waals surface area (Å²) in [7, 11) is 0. The van der Waals surface area contributed by atoms with E-state index in [-0.39, 0.29) is 16.7 Å². The second kappa shape index (κ2) is 4.95. The van der Waals surface area contributed by atoms with Crippen LogP contribution in [0.1, 0.15) is 51.2 Å². The van der Waals surface area contributed by atoms with E-state index in [4.69, 9.17) is 0 Å². The predicted octanol–water partition coefficient (Wildman–Crippen LogP) is 3.64. The lowest BCUT2D eigenvalue weighted by Gasteiger charge is -2.54. The summed E-state index contributed by atoms with van der Waals surface area (Å²) in [6.07, 6.45) is 2.94. The Balaban J connectivity index is 1.93. The van der Waals surface area contributed by atoms with Crippen molar-refractivity contribution in [2.45, 2.75) is 52.0 Å². The first kappa shape index (κ1) is 15.4. The van der Waals surface area contributed by atoms with E-state index in [2.05, 4.69) is 55.1 Å². The minimum Gasteiger partial charge on any atom is -0.411 e. The van der Waals surface area contributed by atoms with Crippen LogP contribution in [0.5, 0.6) is 0 Å². The number of carbonyl (C=O) groups excluding carboxylic acids is 1. The third-order valence-electron chi connectivity index (χ3n) is 5.90. The summed E-state index contributed by atoms with van der Waals surface area (Å²) in [5.74, 6) is 0.120. The number of Topliss-reactive ketones (excluding diaryl/α,β-unsaturated/α-hetero) is 1. The molecular formula is C20H24N2O2. The third kappa shape index (κ3) is 2.05. The molecule has 2 aliphatic heterocycles. The molecule has 0 fully saturated rings. The number of carbonyl (C=O) groups is 1. The van der Waals surface area contributed by atoms with E-state index in [1.807, 2.05) is 0 Å². The molecular weight excluding hydrogens is 300 g/mol. The third-order valence-corrected chi connectivity index (χ3v) is 5.90. The first-order chi connectivity index (χ1) is 11.4. The van der Waals surface area contributed by atoms with Gasteiger partial charge in [0.25, 0.3) is 0 Å². The van der Waals surface area contributed by atoms with Crippen molar-refractivity contribution in [3.63, 3.8) is 0 Å². The summed E-state index contributed by atoms with van der Waals surface area (Å²) in [6, 6.07) is 8.52. The van der Waals surface area contributed by atoms with E-state index < -0.39 is 0 Å². The van der Waals surface area contributed by atoms with Crippen LogP contribution in [-0.4, -0.2) is 28.1 Å². The van der Waals surface area contributed by atoms with E-state index >= 15 is 0 Å². The van der Waals surface area contributed by atoms with Gasteiger partial charge in [0, 0.05) is 25.1 Å². The quantitative estimate of drug-likeness (QED) is 0.585. The number of benzene rings is 1. The van der Waals surface area contributed by atoms with Crippen molar-refractivity contribution in [3.05, 3.63) is 46.7 Å². The zero-order valence-corrected chi connectivity index (χ0v) is 14.6. The number of allylic oxidation sites excluding steroid dienone is 2. The second-order valence-corrected chi connectivity index (χ2v) is 8.32. The van der Waals surface area contributed by atoms with E-state index in [0.717, 1.165) is 25.1 Å². The number of hydrogen-bond acceptors (Lipinski definition) is 4. The molecule has 1 aromatic rings. The molecule has 0 bridgehead atoms. The van der Waals surface area contributed by atoms with Crippen molar-refractivity contribution in [2.24, 2.45) is 10.6 Å². The fraction of sp³-hybridized carbons (Fsp3) is 0.500. The molecule has 1 N–H and O–H groups in total. The van der Waals surface area contributed by atoms with Crippen LogP contribution in [0.4, 0.5) is 0 Å². The van der Waals surface area contributed by atoms with Crippen LogP contribution >= 0.6 is 0 Å². The minimum absolute atomic E-state index is 0.0499. The lowest BCUT2D eigenvalue weighted by molar-refractivity contribution is -0.118. The van der Waals surface area contributed by atoms with Gasteiger partial charge in [-0.05, 0) is 36.3 Å². The summed E-state index contributed by atoms with van der Waals surface area (Å²) in [5.41, 5.74) is 4.66. The van der Waals surface area contributed by atoms with Crippen molar-refractivity contribution in [2.75, 3.05) is 6.54 Å². The Morgan fingerprint density at radius 3 is 2.62 bits per heavy atom. The summed E-state index contributed by atoms with van der Waals surface area (Å²) in [5, 5.41) is 13.2. The van der Waals surface area contributed by atoms with Crippen LogP contribution in [-0.2, 0) is 16.8 Å². The van der Waals surface area contributed by atoms with Gasteiger partial charge in [-0.1, -0.05) is 43.3 Å². The molecule has 0 amide bonds. The number of hydrogen-bond donors (Lipinski definition) is 1. The van der Waals surface area contributed by atoms with Crippen LogP contribution in [0.25, 0.3) is 0 Å². The molecule has 0 aromatic heterocycles. The second-order valence-electron chi connectivity index (χ2n) is 8.32.